The molecular formula is C67H98N12O13. The number of nitrogens with two attached hydrogens (primary N) is 1. The van der Waals surface area contributed by atoms with E-state index in [2.05, 4.69) is 37.2 Å². The molecule has 10 N–H and O–H groups in total. The first kappa shape index (κ1) is 75.7. The number of hydrogen-bond acceptors (Lipinski definition) is 13. The molecule has 0 radical (unpaired) electrons. The maximum atomic E-state index is 14.7. The Labute approximate surface area is 540 Å². The van der Waals surface area contributed by atoms with Crippen LogP contribution in [-0.2, 0) is 70.4 Å². The van der Waals surface area contributed by atoms with Gasteiger partial charge in [0.15, 0.2) is 0 Å². The number of aliphatic hydroxyl groups is 1. The summed E-state index contributed by atoms with van der Waals surface area (Å²) in [5, 5.41) is 30.9. The highest BCUT2D eigenvalue weighted by Crippen LogP contribution is 2.32. The van der Waals surface area contributed by atoms with Crippen molar-refractivity contribution in [3.05, 3.63) is 108 Å². The molecule has 1 aliphatic rings. The Morgan fingerprint density at radius 3 is 1.58 bits per heavy atom. The van der Waals surface area contributed by atoms with Crippen molar-refractivity contribution in [1.29, 1.82) is 0 Å². The lowest BCUT2D eigenvalue weighted by Crippen LogP contribution is -2.61. The Hall–Kier alpha value is -8.74. The highest BCUT2D eigenvalue weighted by Gasteiger charge is 2.44. The predicted octanol–water partition coefficient (Wildman–Crippen LogP) is 1.59. The molecule has 25 heteroatoms. The molecule has 25 nitrogen and oxygen atoms in total. The lowest BCUT2D eigenvalue weighted by atomic mass is 9.80. The SMILES string of the molecule is CC(C)C[C@@H]1NC(=O)[C@@H](NC(=O)[C@@](C)(O)C(CC(N)=O)c2ccccc2)CCCCNC(=O)[C@H](C)NC(=O)[C@H](Cc2ccccc2)NC(=O)[C@H](C)NC(=O)[C@H](C)N(C)C(=O)[C@H](Cc2ccccc2)N(C)C(=O)[C@H](C)NC(=O)[C@H](CC(C)C)N(C)C(=O)[C@H](C)N(C)C1=O. The molecule has 3 aromatic rings. The average Bonchev–Trinajstić information content (AvgIpc) is 1.35. The minimum Gasteiger partial charge on any atom is -0.380 e. The quantitative estimate of drug-likeness (QED) is 0.111. The molecule has 4 rings (SSSR count). The first-order valence-corrected chi connectivity index (χ1v) is 31.5. The summed E-state index contributed by atoms with van der Waals surface area (Å²) in [6.45, 7) is 15.7. The van der Waals surface area contributed by atoms with Gasteiger partial charge in [-0.25, -0.2) is 0 Å². The van der Waals surface area contributed by atoms with Crippen LogP contribution in [0.1, 0.15) is 130 Å². The van der Waals surface area contributed by atoms with Gasteiger partial charge in [-0.1, -0.05) is 119 Å². The maximum Gasteiger partial charge on any atom is 0.252 e. The molecule has 1 aliphatic heterocycles. The van der Waals surface area contributed by atoms with Crippen molar-refractivity contribution in [2.24, 2.45) is 17.6 Å². The van der Waals surface area contributed by atoms with Gasteiger partial charge in [-0.05, 0) is 102 Å². The number of amides is 12. The van der Waals surface area contributed by atoms with E-state index in [-0.39, 0.29) is 63.3 Å². The Kier molecular flexibility index (Phi) is 29.0. The summed E-state index contributed by atoms with van der Waals surface area (Å²) < 4.78 is 0. The number of carbonyl (C=O) groups excluding carboxylic acids is 12. The molecule has 1 unspecified atom stereocenters. The molecule has 3 aromatic carbocycles. The molecule has 1 saturated heterocycles. The minimum absolute atomic E-state index is 0.00910. The maximum absolute atomic E-state index is 14.7. The lowest BCUT2D eigenvalue weighted by Gasteiger charge is -2.36. The van der Waals surface area contributed by atoms with Crippen LogP contribution in [0.2, 0.25) is 0 Å². The summed E-state index contributed by atoms with van der Waals surface area (Å²) in [5.41, 5.74) is 5.03. The second kappa shape index (κ2) is 35.2. The number of rotatable bonds is 14. The minimum atomic E-state index is -2.33. The van der Waals surface area contributed by atoms with E-state index in [1.807, 2.05) is 27.7 Å². The zero-order valence-corrected chi connectivity index (χ0v) is 55.7. The highest BCUT2D eigenvalue weighted by atomic mass is 16.3. The van der Waals surface area contributed by atoms with Crippen molar-refractivity contribution < 1.29 is 62.6 Å². The monoisotopic (exact) mass is 1280 g/mol. The molecule has 0 saturated carbocycles. The van der Waals surface area contributed by atoms with Gasteiger partial charge in [-0.15, -0.1) is 0 Å². The fourth-order valence-corrected chi connectivity index (χ4v) is 10.8. The molecule has 0 spiro atoms. The molecule has 0 aliphatic carbocycles. The number of primary amides is 1. The average molecular weight is 1280 g/mol. The predicted molar refractivity (Wildman–Crippen MR) is 346 cm³/mol. The van der Waals surface area contributed by atoms with Gasteiger partial charge >= 0.3 is 0 Å². The highest BCUT2D eigenvalue weighted by molar-refractivity contribution is 5.99. The van der Waals surface area contributed by atoms with Crippen LogP contribution in [0.15, 0.2) is 91.0 Å². The first-order valence-electron chi connectivity index (χ1n) is 31.5. The van der Waals surface area contributed by atoms with Crippen molar-refractivity contribution in [3.8, 4) is 0 Å². The van der Waals surface area contributed by atoms with E-state index in [9.17, 15) is 62.6 Å². The summed E-state index contributed by atoms with van der Waals surface area (Å²) in [6.07, 6.45) is -0.0585. The third-order valence-corrected chi connectivity index (χ3v) is 16.8. The third kappa shape index (κ3) is 21.7. The number of nitrogens with zero attached hydrogens (tertiary/aromatic N) is 4. The van der Waals surface area contributed by atoms with Crippen LogP contribution in [0, 0.1) is 11.8 Å². The van der Waals surface area contributed by atoms with Crippen LogP contribution >= 0.6 is 0 Å². The van der Waals surface area contributed by atoms with Crippen LogP contribution in [0.4, 0.5) is 0 Å². The molecule has 1 heterocycles. The van der Waals surface area contributed by atoms with Gasteiger partial charge in [0.25, 0.3) is 5.91 Å². The van der Waals surface area contributed by atoms with Gasteiger partial charge in [0.1, 0.15) is 66.0 Å². The van der Waals surface area contributed by atoms with Gasteiger partial charge in [0.05, 0.1) is 0 Å². The van der Waals surface area contributed by atoms with E-state index in [1.54, 1.807) is 91.0 Å². The first-order chi connectivity index (χ1) is 43.2. The Balaban J connectivity index is 1.78. The molecule has 504 valence electrons. The standard InChI is InChI=1S/C67H98N12O13/c1-39(2)34-52-64(89)77(12)45(9)63(88)78(13)53(35-40(3)4)61(86)72-43(7)62(87)79(14)54(37-47-28-20-16-21-29-47)65(90)76(11)44(8)58(83)70-42(6)57(82)73-51(36-46-26-18-15-19-27-46)60(85)71-41(5)56(81)69-33-25-24-32-50(59(84)74-52)75-66(91)67(10,92)49(38-55(68)80)48-30-22-17-23-31-48/h15-23,26-31,39-45,49-54,92H,24-25,32-38H2,1-14H3,(H2,68,80)(H,69,81)(H,70,83)(H,71,85)(H,72,86)(H,73,82)(H,74,84)(H,75,91)/t41-,42-,43-,44-,45-,49?,50-,51-,52-,53-,54-,67-/m0/s1. The topological polar surface area (TPSA) is 348 Å². The molecule has 1 fully saturated rings. The van der Waals surface area contributed by atoms with Crippen molar-refractivity contribution >= 4 is 70.9 Å². The molecular weight excluding hydrogens is 1180 g/mol. The van der Waals surface area contributed by atoms with E-state index in [1.165, 1.54) is 79.5 Å². The number of nitrogens with one attached hydrogen (secondary N) is 7. The van der Waals surface area contributed by atoms with E-state index >= 15 is 0 Å². The molecule has 0 bridgehead atoms. The number of benzene rings is 3. The van der Waals surface area contributed by atoms with Crippen LogP contribution in [0.5, 0.6) is 0 Å². The third-order valence-electron chi connectivity index (χ3n) is 16.8. The number of likely N-dealkylation sites (N-methyl/N-ethyl adjacent to an activating group) is 4. The summed E-state index contributed by atoms with van der Waals surface area (Å²) >= 11 is 0. The normalized spacial score (nSPS) is 25.3. The molecule has 92 heavy (non-hydrogen) atoms. The summed E-state index contributed by atoms with van der Waals surface area (Å²) in [6, 6.07) is 13.3. The Morgan fingerprint density at radius 1 is 0.533 bits per heavy atom. The van der Waals surface area contributed by atoms with Gasteiger partial charge < -0.3 is 67.7 Å². The van der Waals surface area contributed by atoms with Gasteiger partial charge in [-0.2, -0.15) is 0 Å². The molecule has 12 atom stereocenters. The van der Waals surface area contributed by atoms with Gasteiger partial charge in [-0.3, -0.25) is 57.5 Å². The van der Waals surface area contributed by atoms with Crippen molar-refractivity contribution in [2.45, 2.75) is 193 Å². The zero-order chi connectivity index (χ0) is 68.9. The second-order valence-corrected chi connectivity index (χ2v) is 25.2. The second-order valence-electron chi connectivity index (χ2n) is 25.2. The number of carbonyl (C=O) groups is 12. The Morgan fingerprint density at radius 2 is 1.02 bits per heavy atom. The summed E-state index contributed by atoms with van der Waals surface area (Å²) in [5.74, 6) is -10.5. The Bertz CT molecular complexity index is 3040. The van der Waals surface area contributed by atoms with E-state index in [0.717, 1.165) is 9.80 Å². The van der Waals surface area contributed by atoms with E-state index in [4.69, 9.17) is 5.73 Å². The number of hydrogen-bond donors (Lipinski definition) is 9. The van der Waals surface area contributed by atoms with Gasteiger partial charge in [0, 0.05) is 59.9 Å². The molecule has 0 aromatic heterocycles. The summed E-state index contributed by atoms with van der Waals surface area (Å²) in [7, 11) is 5.55. The van der Waals surface area contributed by atoms with E-state index < -0.39 is 149 Å². The van der Waals surface area contributed by atoms with E-state index in [0.29, 0.717) is 16.7 Å². The summed E-state index contributed by atoms with van der Waals surface area (Å²) in [4.78, 5) is 175. The fourth-order valence-electron chi connectivity index (χ4n) is 10.8. The fraction of sp³-hybridized carbons (Fsp3) is 0.552. The smallest absolute Gasteiger partial charge is 0.252 e. The largest absolute Gasteiger partial charge is 0.380 e. The molecule has 12 amide bonds. The van der Waals surface area contributed by atoms with Crippen LogP contribution in [0.3, 0.4) is 0 Å². The van der Waals surface area contributed by atoms with Crippen LogP contribution in [-0.4, -0.2) is 196 Å². The van der Waals surface area contributed by atoms with Gasteiger partial charge in [0.2, 0.25) is 65.0 Å². The van der Waals surface area contributed by atoms with Crippen molar-refractivity contribution in [3.63, 3.8) is 0 Å². The zero-order valence-electron chi connectivity index (χ0n) is 55.7. The van der Waals surface area contributed by atoms with Crippen molar-refractivity contribution in [2.75, 3.05) is 34.7 Å². The van der Waals surface area contributed by atoms with Crippen LogP contribution in [0.25, 0.3) is 0 Å². The van der Waals surface area contributed by atoms with Crippen LogP contribution < -0.4 is 43.0 Å². The lowest BCUT2D eigenvalue weighted by molar-refractivity contribution is -0.150. The van der Waals surface area contributed by atoms with Crippen molar-refractivity contribution in [1.82, 2.24) is 56.8 Å².